The van der Waals surface area contributed by atoms with Crippen LogP contribution < -0.4 is 5.32 Å². The SMILES string of the molecule is O=C(NCc1ccco1)[C@H](c1cccnc1)N(Cc1ccccc1)C(=O)Cn1nnc2ccccc21. The minimum absolute atomic E-state index is 0.0738. The number of rotatable bonds is 9. The molecule has 3 heterocycles. The maximum atomic E-state index is 13.8. The van der Waals surface area contributed by atoms with E-state index in [0.29, 0.717) is 16.8 Å². The standard InChI is InChI=1S/C27H24N6O3/c34-25(19-33-24-13-5-4-12-23(24)30-31-33)32(18-20-8-2-1-3-9-20)26(21-10-6-14-28-16-21)27(35)29-17-22-11-7-15-36-22/h1-16,26H,17-19H2,(H,29,35)/t26-/m0/s1. The molecule has 0 aliphatic carbocycles. The number of aromatic nitrogens is 4. The van der Waals surface area contributed by atoms with Crippen molar-refractivity contribution in [2.75, 3.05) is 0 Å². The first-order chi connectivity index (χ1) is 17.7. The number of nitrogens with one attached hydrogen (secondary N) is 1. The summed E-state index contributed by atoms with van der Waals surface area (Å²) in [5.41, 5.74) is 2.93. The summed E-state index contributed by atoms with van der Waals surface area (Å²) >= 11 is 0. The van der Waals surface area contributed by atoms with Gasteiger partial charge in [0.05, 0.1) is 18.3 Å². The third-order valence-electron chi connectivity index (χ3n) is 5.80. The zero-order valence-corrected chi connectivity index (χ0v) is 19.4. The summed E-state index contributed by atoms with van der Waals surface area (Å²) in [6, 6.07) is 23.2. The summed E-state index contributed by atoms with van der Waals surface area (Å²) in [6.45, 7) is 0.347. The molecular formula is C27H24N6O3. The van der Waals surface area contributed by atoms with Crippen LogP contribution in [0, 0.1) is 0 Å². The average molecular weight is 481 g/mol. The van der Waals surface area contributed by atoms with Crippen LogP contribution in [0.1, 0.15) is 22.9 Å². The van der Waals surface area contributed by atoms with Crippen LogP contribution in [-0.4, -0.2) is 36.7 Å². The Morgan fingerprint density at radius 2 is 1.81 bits per heavy atom. The zero-order valence-electron chi connectivity index (χ0n) is 19.4. The van der Waals surface area contributed by atoms with Crippen LogP contribution in [0.4, 0.5) is 0 Å². The molecule has 0 saturated heterocycles. The lowest BCUT2D eigenvalue weighted by Crippen LogP contribution is -2.44. The summed E-state index contributed by atoms with van der Waals surface area (Å²) in [4.78, 5) is 33.2. The third kappa shape index (κ3) is 5.15. The largest absolute Gasteiger partial charge is 0.467 e. The van der Waals surface area contributed by atoms with Gasteiger partial charge in [0.2, 0.25) is 11.8 Å². The quantitative estimate of drug-likeness (QED) is 0.346. The second-order valence-corrected chi connectivity index (χ2v) is 8.23. The van der Waals surface area contributed by atoms with Gasteiger partial charge < -0.3 is 14.6 Å². The van der Waals surface area contributed by atoms with Crippen molar-refractivity contribution >= 4 is 22.8 Å². The van der Waals surface area contributed by atoms with Crippen molar-refractivity contribution < 1.29 is 14.0 Å². The van der Waals surface area contributed by atoms with Crippen LogP contribution in [0.2, 0.25) is 0 Å². The predicted molar refractivity (Wildman–Crippen MR) is 132 cm³/mol. The van der Waals surface area contributed by atoms with Gasteiger partial charge in [-0.15, -0.1) is 5.10 Å². The van der Waals surface area contributed by atoms with E-state index in [0.717, 1.165) is 11.1 Å². The molecule has 0 aliphatic heterocycles. The number of para-hydroxylation sites is 1. The third-order valence-corrected chi connectivity index (χ3v) is 5.80. The fraction of sp³-hybridized carbons (Fsp3) is 0.148. The van der Waals surface area contributed by atoms with E-state index >= 15 is 0 Å². The second-order valence-electron chi connectivity index (χ2n) is 8.23. The van der Waals surface area contributed by atoms with Crippen LogP contribution in [0.5, 0.6) is 0 Å². The number of pyridine rings is 1. The highest BCUT2D eigenvalue weighted by atomic mass is 16.3. The molecule has 0 radical (unpaired) electrons. The smallest absolute Gasteiger partial charge is 0.247 e. The Balaban J connectivity index is 1.49. The van der Waals surface area contributed by atoms with Gasteiger partial charge in [-0.1, -0.05) is 53.7 Å². The van der Waals surface area contributed by atoms with E-state index in [4.69, 9.17) is 4.42 Å². The van der Waals surface area contributed by atoms with Gasteiger partial charge in [-0.2, -0.15) is 0 Å². The summed E-state index contributed by atoms with van der Waals surface area (Å²) < 4.78 is 6.91. The molecule has 2 aromatic carbocycles. The highest BCUT2D eigenvalue weighted by Crippen LogP contribution is 2.24. The average Bonchev–Trinajstić information content (AvgIpc) is 3.59. The highest BCUT2D eigenvalue weighted by molar-refractivity contribution is 5.89. The lowest BCUT2D eigenvalue weighted by atomic mass is 10.0. The predicted octanol–water partition coefficient (Wildman–Crippen LogP) is 3.51. The molecule has 1 atom stereocenters. The van der Waals surface area contributed by atoms with E-state index in [2.05, 4.69) is 20.6 Å². The van der Waals surface area contributed by atoms with Crippen molar-refractivity contribution in [1.29, 1.82) is 0 Å². The van der Waals surface area contributed by atoms with Gasteiger partial charge >= 0.3 is 0 Å². The van der Waals surface area contributed by atoms with Gasteiger partial charge in [-0.25, -0.2) is 4.68 Å². The minimum atomic E-state index is -0.920. The van der Waals surface area contributed by atoms with E-state index in [1.165, 1.54) is 0 Å². The van der Waals surface area contributed by atoms with Crippen molar-refractivity contribution in [3.63, 3.8) is 0 Å². The van der Waals surface area contributed by atoms with E-state index in [1.807, 2.05) is 54.6 Å². The second kappa shape index (κ2) is 10.6. The molecule has 0 spiro atoms. The van der Waals surface area contributed by atoms with Crippen LogP contribution >= 0.6 is 0 Å². The topological polar surface area (TPSA) is 106 Å². The Bertz CT molecular complexity index is 1430. The summed E-state index contributed by atoms with van der Waals surface area (Å²) in [7, 11) is 0. The van der Waals surface area contributed by atoms with Crippen molar-refractivity contribution in [1.82, 2.24) is 30.2 Å². The minimum Gasteiger partial charge on any atom is -0.467 e. The van der Waals surface area contributed by atoms with Gasteiger partial charge in [-0.05, 0) is 35.9 Å². The Morgan fingerprint density at radius 1 is 0.972 bits per heavy atom. The molecule has 0 bridgehead atoms. The molecule has 9 nitrogen and oxygen atoms in total. The molecule has 3 aromatic heterocycles. The molecule has 0 aliphatic rings. The molecule has 5 aromatic rings. The van der Waals surface area contributed by atoms with Crippen molar-refractivity contribution in [2.45, 2.75) is 25.7 Å². The maximum Gasteiger partial charge on any atom is 0.247 e. The molecule has 1 N–H and O–H groups in total. The van der Waals surface area contributed by atoms with Gasteiger partial charge in [0, 0.05) is 24.5 Å². The summed E-state index contributed by atoms with van der Waals surface area (Å²) in [5, 5.41) is 11.2. The van der Waals surface area contributed by atoms with Crippen LogP contribution in [0.3, 0.4) is 0 Å². The number of benzene rings is 2. The van der Waals surface area contributed by atoms with Gasteiger partial charge in [0.15, 0.2) is 0 Å². The van der Waals surface area contributed by atoms with Crippen LogP contribution in [0.25, 0.3) is 11.0 Å². The van der Waals surface area contributed by atoms with Crippen molar-refractivity contribution in [2.24, 2.45) is 0 Å². The van der Waals surface area contributed by atoms with E-state index in [1.54, 1.807) is 52.5 Å². The molecule has 180 valence electrons. The monoisotopic (exact) mass is 480 g/mol. The Hall–Kier alpha value is -4.79. The molecule has 36 heavy (non-hydrogen) atoms. The number of carbonyl (C=O) groups is 2. The molecule has 0 fully saturated rings. The number of hydrogen-bond acceptors (Lipinski definition) is 6. The van der Waals surface area contributed by atoms with E-state index < -0.39 is 6.04 Å². The Labute approximate surface area is 207 Å². The van der Waals surface area contributed by atoms with Crippen molar-refractivity contribution in [3.05, 3.63) is 114 Å². The first kappa shape index (κ1) is 23.0. The number of hydrogen-bond donors (Lipinski definition) is 1. The molecular weight excluding hydrogens is 456 g/mol. The molecule has 0 saturated carbocycles. The number of fused-ring (bicyclic) bond motifs is 1. The molecule has 9 heteroatoms. The lowest BCUT2D eigenvalue weighted by Gasteiger charge is -2.31. The van der Waals surface area contributed by atoms with Crippen LogP contribution in [0.15, 0.2) is 102 Å². The van der Waals surface area contributed by atoms with Gasteiger partial charge in [0.25, 0.3) is 0 Å². The number of amides is 2. The van der Waals surface area contributed by atoms with E-state index in [9.17, 15) is 9.59 Å². The highest BCUT2D eigenvalue weighted by Gasteiger charge is 2.32. The number of furan rings is 1. The number of nitrogens with zero attached hydrogens (tertiary/aromatic N) is 5. The zero-order chi connectivity index (χ0) is 24.7. The first-order valence-electron chi connectivity index (χ1n) is 11.5. The molecule has 2 amide bonds. The summed E-state index contributed by atoms with van der Waals surface area (Å²) in [6.07, 6.45) is 4.78. The van der Waals surface area contributed by atoms with Gasteiger partial charge in [0.1, 0.15) is 23.9 Å². The number of carbonyl (C=O) groups excluding carboxylic acids is 2. The van der Waals surface area contributed by atoms with Crippen LogP contribution in [-0.2, 0) is 29.2 Å². The Kier molecular flexibility index (Phi) is 6.79. The first-order valence-corrected chi connectivity index (χ1v) is 11.5. The fourth-order valence-corrected chi connectivity index (χ4v) is 4.05. The summed E-state index contributed by atoms with van der Waals surface area (Å²) in [5.74, 6) is -0.00746. The fourth-order valence-electron chi connectivity index (χ4n) is 4.05. The Morgan fingerprint density at radius 3 is 2.58 bits per heavy atom. The normalized spacial score (nSPS) is 11.8. The molecule has 5 rings (SSSR count). The lowest BCUT2D eigenvalue weighted by molar-refractivity contribution is -0.142. The van der Waals surface area contributed by atoms with Crippen molar-refractivity contribution in [3.8, 4) is 0 Å². The van der Waals surface area contributed by atoms with E-state index in [-0.39, 0.29) is 31.4 Å². The maximum absolute atomic E-state index is 13.8. The molecule has 0 unspecified atom stereocenters. The van der Waals surface area contributed by atoms with Gasteiger partial charge in [-0.3, -0.25) is 14.6 Å².